The number of ether oxygens (including phenoxy) is 2. The maximum atomic E-state index is 12.0. The van der Waals surface area contributed by atoms with Crippen LogP contribution < -0.4 is 10.6 Å². The second-order valence-electron chi connectivity index (χ2n) is 5.90. The molecule has 1 aliphatic carbocycles. The summed E-state index contributed by atoms with van der Waals surface area (Å²) in [7, 11) is 1.49. The maximum absolute atomic E-state index is 12.0. The van der Waals surface area contributed by atoms with Gasteiger partial charge in [0.2, 0.25) is 11.8 Å². The summed E-state index contributed by atoms with van der Waals surface area (Å²) in [4.78, 5) is 34.2. The molecule has 1 fully saturated rings. The Balaban J connectivity index is -0.00000139. The lowest BCUT2D eigenvalue weighted by molar-refractivity contribution is -0.127. The van der Waals surface area contributed by atoms with E-state index in [4.69, 9.17) is 9.47 Å². The predicted octanol–water partition coefficient (Wildman–Crippen LogP) is 1.94. The SMILES string of the molecule is CC.COCC(=O)NC1CCC(C(=O)NCCOCCC(C)=O)CC1.[HH].[HH]. The van der Waals surface area contributed by atoms with E-state index in [2.05, 4.69) is 10.6 Å². The molecule has 1 rings (SSSR count). The van der Waals surface area contributed by atoms with Crippen molar-refractivity contribution in [2.24, 2.45) is 5.92 Å². The van der Waals surface area contributed by atoms with E-state index in [-0.39, 0.29) is 39.0 Å². The number of rotatable bonds is 10. The third kappa shape index (κ3) is 11.7. The number of hydrogen-bond donors (Lipinski definition) is 2. The fraction of sp³-hybridized carbons (Fsp3) is 0.833. The van der Waals surface area contributed by atoms with Crippen LogP contribution in [0.1, 0.15) is 55.7 Å². The van der Waals surface area contributed by atoms with Gasteiger partial charge in [-0.2, -0.15) is 0 Å². The lowest BCUT2D eigenvalue weighted by Gasteiger charge is -2.28. The van der Waals surface area contributed by atoms with Crippen molar-refractivity contribution in [3.8, 4) is 0 Å². The molecule has 1 aliphatic rings. The van der Waals surface area contributed by atoms with Crippen LogP contribution in [0.3, 0.4) is 0 Å². The smallest absolute Gasteiger partial charge is 0.246 e. The van der Waals surface area contributed by atoms with Crippen LogP contribution in [0.15, 0.2) is 0 Å². The molecule has 0 saturated heterocycles. The second-order valence-corrected chi connectivity index (χ2v) is 5.90. The van der Waals surface area contributed by atoms with Gasteiger partial charge in [-0.15, -0.1) is 0 Å². The molecular weight excluding hydrogens is 324 g/mol. The first kappa shape index (κ1) is 23.5. The van der Waals surface area contributed by atoms with Crippen molar-refractivity contribution >= 4 is 17.6 Å². The Kier molecular flexibility index (Phi) is 14.0. The first-order valence-corrected chi connectivity index (χ1v) is 9.16. The fourth-order valence-electron chi connectivity index (χ4n) is 2.61. The highest BCUT2D eigenvalue weighted by Gasteiger charge is 2.26. The number of hydrogen-bond acceptors (Lipinski definition) is 5. The zero-order chi connectivity index (χ0) is 19.1. The molecule has 0 bridgehead atoms. The molecule has 0 aliphatic heterocycles. The zero-order valence-corrected chi connectivity index (χ0v) is 16.1. The van der Waals surface area contributed by atoms with Crippen molar-refractivity contribution in [1.29, 1.82) is 0 Å². The van der Waals surface area contributed by atoms with E-state index in [9.17, 15) is 14.4 Å². The Morgan fingerprint density at radius 2 is 1.72 bits per heavy atom. The van der Waals surface area contributed by atoms with Gasteiger partial charge >= 0.3 is 0 Å². The molecule has 0 unspecified atom stereocenters. The molecule has 0 spiro atoms. The van der Waals surface area contributed by atoms with Gasteiger partial charge in [-0.05, 0) is 32.6 Å². The molecule has 7 nitrogen and oxygen atoms in total. The maximum Gasteiger partial charge on any atom is 0.246 e. The molecule has 0 aromatic carbocycles. The van der Waals surface area contributed by atoms with Crippen LogP contribution in [0.5, 0.6) is 0 Å². The topological polar surface area (TPSA) is 93.7 Å². The molecule has 2 N–H and O–H groups in total. The van der Waals surface area contributed by atoms with Gasteiger partial charge in [0.15, 0.2) is 0 Å². The van der Waals surface area contributed by atoms with E-state index < -0.39 is 0 Å². The summed E-state index contributed by atoms with van der Waals surface area (Å²) in [5, 5.41) is 5.77. The average molecular weight is 363 g/mol. The summed E-state index contributed by atoms with van der Waals surface area (Å²) in [6.45, 7) is 6.88. The van der Waals surface area contributed by atoms with Crippen LogP contribution in [0.2, 0.25) is 0 Å². The molecule has 25 heavy (non-hydrogen) atoms. The largest absolute Gasteiger partial charge is 0.379 e. The first-order valence-electron chi connectivity index (χ1n) is 9.16. The fourth-order valence-corrected chi connectivity index (χ4v) is 2.61. The molecule has 0 radical (unpaired) electrons. The third-order valence-corrected chi connectivity index (χ3v) is 3.88. The molecule has 0 heterocycles. The van der Waals surface area contributed by atoms with E-state index >= 15 is 0 Å². The van der Waals surface area contributed by atoms with E-state index in [0.717, 1.165) is 25.7 Å². The quantitative estimate of drug-likeness (QED) is 0.579. The van der Waals surface area contributed by atoms with Crippen molar-refractivity contribution in [2.75, 3.05) is 33.5 Å². The number of nitrogens with one attached hydrogen (secondary N) is 2. The van der Waals surface area contributed by atoms with Gasteiger partial charge in [0.05, 0.1) is 13.2 Å². The standard InChI is InChI=1S/C16H28N2O5.C2H6.2H2/c1-12(19)7-9-23-10-8-17-16(21)13-3-5-14(6-4-13)18-15(20)11-22-2;1-2;;/h13-14H,3-11H2,1-2H3,(H,17,21)(H,18,20);1-2H3;2*1H. The van der Waals surface area contributed by atoms with Crippen molar-refractivity contribution in [3.05, 3.63) is 0 Å². The number of carbonyl (C=O) groups is 3. The minimum atomic E-state index is -0.108. The van der Waals surface area contributed by atoms with Gasteiger partial charge < -0.3 is 20.1 Å². The molecule has 0 aromatic rings. The molecular formula is C18H38N2O5. The van der Waals surface area contributed by atoms with Gasteiger partial charge in [-0.1, -0.05) is 13.8 Å². The first-order chi connectivity index (χ1) is 12.0. The van der Waals surface area contributed by atoms with E-state index in [1.54, 1.807) is 0 Å². The zero-order valence-electron chi connectivity index (χ0n) is 16.1. The number of methoxy groups -OCH3 is 1. The average Bonchev–Trinajstić information content (AvgIpc) is 2.60. The van der Waals surface area contributed by atoms with Gasteiger partial charge in [-0.25, -0.2) is 0 Å². The number of carbonyl (C=O) groups excluding carboxylic acids is 3. The van der Waals surface area contributed by atoms with Gasteiger partial charge in [0.25, 0.3) is 0 Å². The van der Waals surface area contributed by atoms with Crippen LogP contribution in [0.25, 0.3) is 0 Å². The van der Waals surface area contributed by atoms with Crippen molar-refractivity contribution in [3.63, 3.8) is 0 Å². The normalized spacial score (nSPS) is 19.4. The van der Waals surface area contributed by atoms with Crippen molar-refractivity contribution in [2.45, 2.75) is 58.9 Å². The monoisotopic (exact) mass is 362 g/mol. The second kappa shape index (κ2) is 14.8. The predicted molar refractivity (Wildman–Crippen MR) is 100 cm³/mol. The molecule has 150 valence electrons. The van der Waals surface area contributed by atoms with Gasteiger partial charge in [-0.3, -0.25) is 14.4 Å². The molecule has 0 aromatic heterocycles. The Morgan fingerprint density at radius 3 is 2.28 bits per heavy atom. The third-order valence-electron chi connectivity index (χ3n) is 3.88. The van der Waals surface area contributed by atoms with Crippen LogP contribution in [-0.2, 0) is 23.9 Å². The molecule has 7 heteroatoms. The summed E-state index contributed by atoms with van der Waals surface area (Å²) < 4.78 is 10.1. The number of ketones is 1. The van der Waals surface area contributed by atoms with Crippen molar-refractivity contribution in [1.82, 2.24) is 10.6 Å². The van der Waals surface area contributed by atoms with E-state index in [1.807, 2.05) is 13.8 Å². The summed E-state index contributed by atoms with van der Waals surface area (Å²) in [6.07, 6.45) is 3.57. The highest BCUT2D eigenvalue weighted by molar-refractivity contribution is 5.79. The highest BCUT2D eigenvalue weighted by Crippen LogP contribution is 2.24. The summed E-state index contributed by atoms with van der Waals surface area (Å²) in [6, 6.07) is 0.136. The molecule has 1 saturated carbocycles. The summed E-state index contributed by atoms with van der Waals surface area (Å²) >= 11 is 0. The van der Waals surface area contributed by atoms with Crippen LogP contribution in [0.4, 0.5) is 0 Å². The summed E-state index contributed by atoms with van der Waals surface area (Å²) in [5.74, 6) is 0.0381. The van der Waals surface area contributed by atoms with E-state index in [1.165, 1.54) is 14.0 Å². The minimum Gasteiger partial charge on any atom is -0.379 e. The van der Waals surface area contributed by atoms with Crippen molar-refractivity contribution < 1.29 is 26.7 Å². The highest BCUT2D eigenvalue weighted by atomic mass is 16.5. The van der Waals surface area contributed by atoms with Crippen LogP contribution >= 0.6 is 0 Å². The Labute approximate surface area is 154 Å². The minimum absolute atomic E-state index is 0. The van der Waals surface area contributed by atoms with Gasteiger partial charge in [0, 0.05) is 34.9 Å². The molecule has 0 atom stereocenters. The number of amides is 2. The Morgan fingerprint density at radius 1 is 1.08 bits per heavy atom. The Hall–Kier alpha value is -1.47. The lowest BCUT2D eigenvalue weighted by atomic mass is 9.85. The number of Topliss-reactive ketones (excluding diaryl/α,β-unsaturated/α-hetero) is 1. The van der Waals surface area contributed by atoms with Crippen LogP contribution in [-0.4, -0.2) is 57.1 Å². The Bertz CT molecular complexity index is 403. The van der Waals surface area contributed by atoms with E-state index in [0.29, 0.717) is 26.2 Å². The summed E-state index contributed by atoms with van der Waals surface area (Å²) in [5.41, 5.74) is 0. The van der Waals surface area contributed by atoms with Crippen LogP contribution in [0, 0.1) is 5.92 Å². The van der Waals surface area contributed by atoms with Gasteiger partial charge in [0.1, 0.15) is 12.4 Å². The molecule has 2 amide bonds. The lowest BCUT2D eigenvalue weighted by Crippen LogP contribution is -2.42.